The molecular weight excluding hydrogens is 373 g/mol. The lowest BCUT2D eigenvalue weighted by molar-refractivity contribution is 0.304. The number of rotatable bonds is 8. The Bertz CT molecular complexity index is 816. The Morgan fingerprint density at radius 2 is 2.04 bits per heavy atom. The largest absolute Gasteiger partial charge is 0.492 e. The van der Waals surface area contributed by atoms with Gasteiger partial charge in [0.05, 0.1) is 12.3 Å². The molecule has 0 radical (unpaired) electrons. The molecule has 1 atom stereocenters. The maximum atomic E-state index is 14.8. The van der Waals surface area contributed by atoms with Gasteiger partial charge in [-0.1, -0.05) is 56.9 Å². The molecular formula is C24H29ClFNO. The van der Waals surface area contributed by atoms with Gasteiger partial charge in [0.15, 0.2) is 5.82 Å². The highest BCUT2D eigenvalue weighted by Crippen LogP contribution is 2.35. The van der Waals surface area contributed by atoms with Crippen molar-refractivity contribution in [2.24, 2.45) is 5.92 Å². The van der Waals surface area contributed by atoms with E-state index in [0.717, 1.165) is 42.9 Å². The van der Waals surface area contributed by atoms with E-state index in [4.69, 9.17) is 16.3 Å². The first-order chi connectivity index (χ1) is 13.6. The van der Waals surface area contributed by atoms with E-state index in [-0.39, 0.29) is 5.02 Å². The summed E-state index contributed by atoms with van der Waals surface area (Å²) in [7, 11) is 0. The Morgan fingerprint density at radius 3 is 2.71 bits per heavy atom. The summed E-state index contributed by atoms with van der Waals surface area (Å²) < 4.78 is 20.5. The summed E-state index contributed by atoms with van der Waals surface area (Å²) >= 11 is 6.23. The molecule has 2 aromatic rings. The molecule has 1 heterocycles. The highest BCUT2D eigenvalue weighted by Gasteiger charge is 2.16. The molecule has 3 rings (SSSR count). The SMILES string of the molecule is CCCCCCOc1ccc(-c2ccc(C3=CCC(C)CC3)nc2)c(F)c1Cl. The standard InChI is InChI=1S/C24H29ClFNO/c1-3-4-5-6-15-28-22-14-12-20(24(26)23(22)25)19-11-13-21(27-16-19)18-9-7-17(2)8-10-18/h9,11-14,16-17H,3-8,10,15H2,1-2H3. The predicted molar refractivity (Wildman–Crippen MR) is 115 cm³/mol. The fourth-order valence-corrected chi connectivity index (χ4v) is 3.74. The number of ether oxygens (including phenoxy) is 1. The monoisotopic (exact) mass is 401 g/mol. The van der Waals surface area contributed by atoms with Gasteiger partial charge in [0, 0.05) is 17.3 Å². The van der Waals surface area contributed by atoms with Gasteiger partial charge in [-0.2, -0.15) is 0 Å². The molecule has 0 N–H and O–H groups in total. The Hall–Kier alpha value is -1.87. The molecule has 0 aliphatic heterocycles. The van der Waals surface area contributed by atoms with Gasteiger partial charge in [0.1, 0.15) is 10.8 Å². The topological polar surface area (TPSA) is 22.1 Å². The Labute approximate surface area is 172 Å². The molecule has 1 unspecified atom stereocenters. The van der Waals surface area contributed by atoms with E-state index in [1.807, 2.05) is 12.1 Å². The number of hydrogen-bond acceptors (Lipinski definition) is 2. The Kier molecular flexibility index (Phi) is 7.50. The van der Waals surface area contributed by atoms with Crippen LogP contribution in [0, 0.1) is 11.7 Å². The van der Waals surface area contributed by atoms with Crippen LogP contribution in [-0.4, -0.2) is 11.6 Å². The minimum atomic E-state index is -0.451. The average Bonchev–Trinajstić information content (AvgIpc) is 2.72. The summed E-state index contributed by atoms with van der Waals surface area (Å²) in [5, 5.41) is 0.0426. The molecule has 2 nitrogen and oxygen atoms in total. The van der Waals surface area contributed by atoms with Crippen LogP contribution in [0.5, 0.6) is 5.75 Å². The van der Waals surface area contributed by atoms with E-state index in [9.17, 15) is 4.39 Å². The molecule has 0 saturated heterocycles. The van der Waals surface area contributed by atoms with Gasteiger partial charge >= 0.3 is 0 Å². The average molecular weight is 402 g/mol. The van der Waals surface area contributed by atoms with Gasteiger partial charge in [-0.25, -0.2) is 4.39 Å². The molecule has 1 aromatic carbocycles. The van der Waals surface area contributed by atoms with Crippen LogP contribution in [0.25, 0.3) is 16.7 Å². The number of pyridine rings is 1. The summed E-state index contributed by atoms with van der Waals surface area (Å²) in [5.74, 6) is 0.699. The quantitative estimate of drug-likeness (QED) is 0.422. The summed E-state index contributed by atoms with van der Waals surface area (Å²) in [6.45, 7) is 5.00. The fraction of sp³-hybridized carbons (Fsp3) is 0.458. The Morgan fingerprint density at radius 1 is 1.18 bits per heavy atom. The first-order valence-corrected chi connectivity index (χ1v) is 10.7. The first-order valence-electron chi connectivity index (χ1n) is 10.4. The van der Waals surface area contributed by atoms with Crippen molar-refractivity contribution in [3.05, 3.63) is 53.1 Å². The molecule has 0 spiro atoms. The molecule has 0 saturated carbocycles. The normalized spacial score (nSPS) is 16.7. The molecule has 1 aliphatic rings. The van der Waals surface area contributed by atoms with Gasteiger partial charge in [0.2, 0.25) is 0 Å². The van der Waals surface area contributed by atoms with Crippen molar-refractivity contribution in [2.45, 2.75) is 58.8 Å². The zero-order valence-electron chi connectivity index (χ0n) is 16.8. The fourth-order valence-electron chi connectivity index (χ4n) is 3.52. The second-order valence-electron chi connectivity index (χ2n) is 7.69. The van der Waals surface area contributed by atoms with Crippen LogP contribution in [0.3, 0.4) is 0 Å². The van der Waals surface area contributed by atoms with Crippen LogP contribution in [-0.2, 0) is 0 Å². The highest BCUT2D eigenvalue weighted by molar-refractivity contribution is 6.32. The smallest absolute Gasteiger partial charge is 0.153 e. The van der Waals surface area contributed by atoms with E-state index < -0.39 is 5.82 Å². The number of allylic oxidation sites excluding steroid dienone is 2. The second kappa shape index (κ2) is 10.1. The maximum absolute atomic E-state index is 14.8. The third-order valence-corrected chi connectivity index (χ3v) is 5.73. The minimum Gasteiger partial charge on any atom is -0.492 e. The van der Waals surface area contributed by atoms with E-state index in [2.05, 4.69) is 24.9 Å². The highest BCUT2D eigenvalue weighted by atomic mass is 35.5. The van der Waals surface area contributed by atoms with Crippen LogP contribution in [0.2, 0.25) is 5.02 Å². The number of aromatic nitrogens is 1. The molecule has 1 aliphatic carbocycles. The summed E-state index contributed by atoms with van der Waals surface area (Å²) in [4.78, 5) is 4.57. The lowest BCUT2D eigenvalue weighted by Gasteiger charge is -2.18. The van der Waals surface area contributed by atoms with Gasteiger partial charge in [-0.05, 0) is 55.4 Å². The number of benzene rings is 1. The molecule has 28 heavy (non-hydrogen) atoms. The van der Waals surface area contributed by atoms with Crippen molar-refractivity contribution in [3.63, 3.8) is 0 Å². The zero-order valence-corrected chi connectivity index (χ0v) is 17.6. The van der Waals surface area contributed by atoms with Gasteiger partial charge in [-0.15, -0.1) is 0 Å². The van der Waals surface area contributed by atoms with E-state index >= 15 is 0 Å². The van der Waals surface area contributed by atoms with E-state index in [1.54, 1.807) is 18.3 Å². The molecule has 1 aromatic heterocycles. The third kappa shape index (κ3) is 5.14. The van der Waals surface area contributed by atoms with Crippen molar-refractivity contribution in [1.82, 2.24) is 4.98 Å². The lowest BCUT2D eigenvalue weighted by atomic mass is 9.89. The van der Waals surface area contributed by atoms with Crippen LogP contribution in [0.15, 0.2) is 36.5 Å². The maximum Gasteiger partial charge on any atom is 0.153 e. The second-order valence-corrected chi connectivity index (χ2v) is 8.07. The lowest BCUT2D eigenvalue weighted by Crippen LogP contribution is -2.02. The number of nitrogens with zero attached hydrogens (tertiary/aromatic N) is 1. The van der Waals surface area contributed by atoms with Crippen LogP contribution < -0.4 is 4.74 Å². The summed E-state index contributed by atoms with van der Waals surface area (Å²) in [6, 6.07) is 7.37. The molecule has 0 bridgehead atoms. The van der Waals surface area contributed by atoms with Crippen molar-refractivity contribution in [3.8, 4) is 16.9 Å². The van der Waals surface area contributed by atoms with Crippen LogP contribution >= 0.6 is 11.6 Å². The van der Waals surface area contributed by atoms with Crippen molar-refractivity contribution in [1.29, 1.82) is 0 Å². The molecule has 0 fully saturated rings. The predicted octanol–water partition coefficient (Wildman–Crippen LogP) is 7.70. The van der Waals surface area contributed by atoms with E-state index in [0.29, 0.717) is 17.9 Å². The number of unbranched alkanes of at least 4 members (excludes halogenated alkanes) is 3. The van der Waals surface area contributed by atoms with Crippen molar-refractivity contribution < 1.29 is 9.13 Å². The number of hydrogen-bond donors (Lipinski definition) is 0. The molecule has 0 amide bonds. The van der Waals surface area contributed by atoms with E-state index in [1.165, 1.54) is 24.8 Å². The van der Waals surface area contributed by atoms with Crippen LogP contribution in [0.4, 0.5) is 4.39 Å². The first kappa shape index (κ1) is 20.9. The summed E-state index contributed by atoms with van der Waals surface area (Å²) in [5.41, 5.74) is 3.44. The van der Waals surface area contributed by atoms with Gasteiger partial charge < -0.3 is 4.74 Å². The van der Waals surface area contributed by atoms with Crippen molar-refractivity contribution in [2.75, 3.05) is 6.61 Å². The molecule has 4 heteroatoms. The minimum absolute atomic E-state index is 0.0426. The van der Waals surface area contributed by atoms with Crippen molar-refractivity contribution >= 4 is 17.2 Å². The number of halogens is 2. The molecule has 150 valence electrons. The van der Waals surface area contributed by atoms with Gasteiger partial charge in [-0.3, -0.25) is 4.98 Å². The van der Waals surface area contributed by atoms with Gasteiger partial charge in [0.25, 0.3) is 0 Å². The third-order valence-electron chi connectivity index (χ3n) is 5.38. The summed E-state index contributed by atoms with van der Waals surface area (Å²) in [6.07, 6.45) is 11.8. The van der Waals surface area contributed by atoms with Crippen LogP contribution in [0.1, 0.15) is 64.5 Å². The Balaban J connectivity index is 1.70. The zero-order chi connectivity index (χ0) is 19.9.